The monoisotopic (exact) mass is 449 g/mol. The van der Waals surface area contributed by atoms with E-state index in [0.29, 0.717) is 18.2 Å². The Balaban J connectivity index is 1.29. The van der Waals surface area contributed by atoms with Crippen LogP contribution in [-0.2, 0) is 6.54 Å². The smallest absolute Gasteiger partial charge is 0.251 e. The van der Waals surface area contributed by atoms with Gasteiger partial charge in [0.2, 0.25) is 5.95 Å². The third kappa shape index (κ3) is 4.46. The van der Waals surface area contributed by atoms with Crippen molar-refractivity contribution in [3.05, 3.63) is 70.4 Å². The number of hydrogen-bond donors (Lipinski definition) is 1. The molecule has 0 saturated carbocycles. The zero-order valence-corrected chi connectivity index (χ0v) is 18.5. The maximum absolute atomic E-state index is 12.3. The van der Waals surface area contributed by atoms with Crippen molar-refractivity contribution in [3.8, 4) is 22.3 Å². The number of thiophene rings is 1. The fraction of sp³-hybridized carbons (Fsp3) is 0.318. The largest absolute Gasteiger partial charge is 0.494 e. The van der Waals surface area contributed by atoms with Gasteiger partial charge in [-0.05, 0) is 30.8 Å². The first-order valence-corrected chi connectivity index (χ1v) is 11.3. The fourth-order valence-electron chi connectivity index (χ4n) is 3.97. The minimum atomic E-state index is -0.103. The lowest BCUT2D eigenvalue weighted by atomic mass is 9.97. The van der Waals surface area contributed by atoms with Gasteiger partial charge in [0.1, 0.15) is 12.2 Å². The third-order valence-corrected chi connectivity index (χ3v) is 6.42. The molecule has 1 N–H and O–H groups in total. The van der Waals surface area contributed by atoms with Gasteiger partial charge < -0.3 is 9.72 Å². The average molecular weight is 450 g/mol. The number of ether oxygens (including phenoxy) is 1. The molecule has 1 aliphatic rings. The van der Waals surface area contributed by atoms with Crippen LogP contribution >= 0.6 is 11.3 Å². The Kier molecular flexibility index (Phi) is 5.78. The van der Waals surface area contributed by atoms with E-state index >= 15 is 0 Å². The van der Waals surface area contributed by atoms with E-state index in [1.165, 1.54) is 0 Å². The van der Waals surface area contributed by atoms with E-state index < -0.39 is 0 Å². The third-order valence-electron chi connectivity index (χ3n) is 5.53. The predicted molar refractivity (Wildman–Crippen MR) is 121 cm³/mol. The van der Waals surface area contributed by atoms with E-state index in [2.05, 4.69) is 24.8 Å². The normalized spacial score (nSPS) is 16.8. The van der Waals surface area contributed by atoms with Gasteiger partial charge in [-0.2, -0.15) is 0 Å². The SMILES string of the molecule is COc1cnc(-n2cnc(CN3CCCC(c4nc(-c5cccs5)cc(=O)[nH]4)C3)c2)nc1. The second-order valence-electron chi connectivity index (χ2n) is 7.76. The molecule has 1 unspecified atom stereocenters. The van der Waals surface area contributed by atoms with Crippen LogP contribution in [0.4, 0.5) is 0 Å². The molecule has 1 atom stereocenters. The van der Waals surface area contributed by atoms with Crippen LogP contribution in [0.2, 0.25) is 0 Å². The highest BCUT2D eigenvalue weighted by Crippen LogP contribution is 2.27. The van der Waals surface area contributed by atoms with E-state index in [4.69, 9.17) is 9.72 Å². The molecule has 0 spiro atoms. The molecule has 9 nitrogen and oxygen atoms in total. The summed E-state index contributed by atoms with van der Waals surface area (Å²) in [6.45, 7) is 2.52. The van der Waals surface area contributed by atoms with Gasteiger partial charge >= 0.3 is 0 Å². The molecular formula is C22H23N7O2S. The highest BCUT2D eigenvalue weighted by atomic mass is 32.1. The number of methoxy groups -OCH3 is 1. The Morgan fingerprint density at radius 3 is 2.94 bits per heavy atom. The van der Waals surface area contributed by atoms with Gasteiger partial charge in [0.25, 0.3) is 5.56 Å². The van der Waals surface area contributed by atoms with Gasteiger partial charge in [-0.3, -0.25) is 14.3 Å². The molecule has 4 aromatic heterocycles. The number of nitrogens with one attached hydrogen (secondary N) is 1. The Hall–Kier alpha value is -3.37. The van der Waals surface area contributed by atoms with Crippen LogP contribution in [-0.4, -0.2) is 54.6 Å². The van der Waals surface area contributed by atoms with E-state index in [1.54, 1.807) is 47.8 Å². The Morgan fingerprint density at radius 1 is 1.28 bits per heavy atom. The van der Waals surface area contributed by atoms with Crippen LogP contribution in [0.1, 0.15) is 30.3 Å². The van der Waals surface area contributed by atoms with Crippen molar-refractivity contribution >= 4 is 11.3 Å². The first-order valence-electron chi connectivity index (χ1n) is 10.4. The number of rotatable bonds is 6. The number of likely N-dealkylation sites (tertiary alicyclic amines) is 1. The topological polar surface area (TPSA) is 102 Å². The summed E-state index contributed by atoms with van der Waals surface area (Å²) in [4.78, 5) is 36.5. The maximum atomic E-state index is 12.3. The van der Waals surface area contributed by atoms with Crippen LogP contribution in [0.3, 0.4) is 0 Å². The molecule has 5 rings (SSSR count). The number of aromatic nitrogens is 6. The second kappa shape index (κ2) is 9.01. The van der Waals surface area contributed by atoms with Crippen molar-refractivity contribution < 1.29 is 4.74 Å². The van der Waals surface area contributed by atoms with Crippen LogP contribution in [0.15, 0.2) is 53.3 Å². The summed E-state index contributed by atoms with van der Waals surface area (Å²) in [5.41, 5.74) is 1.58. The lowest BCUT2D eigenvalue weighted by Gasteiger charge is -2.31. The fourth-order valence-corrected chi connectivity index (χ4v) is 4.66. The summed E-state index contributed by atoms with van der Waals surface area (Å²) in [6, 6.07) is 5.54. The molecule has 4 aromatic rings. The highest BCUT2D eigenvalue weighted by Gasteiger charge is 2.24. The summed E-state index contributed by atoms with van der Waals surface area (Å²) in [5.74, 6) is 2.11. The average Bonchev–Trinajstić information content (AvgIpc) is 3.52. The van der Waals surface area contributed by atoms with Crippen molar-refractivity contribution in [2.75, 3.05) is 20.2 Å². The van der Waals surface area contributed by atoms with Crippen LogP contribution in [0.5, 0.6) is 5.75 Å². The van der Waals surface area contributed by atoms with E-state index in [1.807, 2.05) is 23.7 Å². The number of imidazole rings is 1. The summed E-state index contributed by atoms with van der Waals surface area (Å²) >= 11 is 1.59. The van der Waals surface area contributed by atoms with Gasteiger partial charge in [-0.1, -0.05) is 6.07 Å². The van der Waals surface area contributed by atoms with Crippen molar-refractivity contribution in [2.45, 2.75) is 25.3 Å². The summed E-state index contributed by atoms with van der Waals surface area (Å²) < 4.78 is 6.92. The predicted octanol–water partition coefficient (Wildman–Crippen LogP) is 2.86. The Labute approximate surface area is 188 Å². The molecule has 0 aromatic carbocycles. The molecular weight excluding hydrogens is 426 g/mol. The first kappa shape index (κ1) is 20.5. The number of hydrogen-bond acceptors (Lipinski definition) is 8. The number of H-pyrrole nitrogens is 1. The molecule has 0 bridgehead atoms. The molecule has 1 saturated heterocycles. The Bertz CT molecular complexity index is 1230. The molecule has 0 radical (unpaired) electrons. The lowest BCUT2D eigenvalue weighted by molar-refractivity contribution is 0.194. The molecule has 164 valence electrons. The van der Waals surface area contributed by atoms with Crippen molar-refractivity contribution in [2.24, 2.45) is 0 Å². The van der Waals surface area contributed by atoms with E-state index in [9.17, 15) is 4.79 Å². The minimum Gasteiger partial charge on any atom is -0.494 e. The number of aromatic amines is 1. The summed E-state index contributed by atoms with van der Waals surface area (Å²) in [7, 11) is 1.59. The molecule has 1 fully saturated rings. The number of piperidine rings is 1. The molecule has 0 amide bonds. The van der Waals surface area contributed by atoms with Crippen molar-refractivity contribution in [1.82, 2.24) is 34.4 Å². The highest BCUT2D eigenvalue weighted by molar-refractivity contribution is 7.13. The lowest BCUT2D eigenvalue weighted by Crippen LogP contribution is -2.35. The zero-order chi connectivity index (χ0) is 21.9. The summed E-state index contributed by atoms with van der Waals surface area (Å²) in [6.07, 6.45) is 8.98. The molecule has 5 heterocycles. The molecule has 32 heavy (non-hydrogen) atoms. The minimum absolute atomic E-state index is 0.103. The van der Waals surface area contributed by atoms with Crippen LogP contribution < -0.4 is 10.3 Å². The zero-order valence-electron chi connectivity index (χ0n) is 17.6. The van der Waals surface area contributed by atoms with Gasteiger partial charge in [0.15, 0.2) is 5.75 Å². The van der Waals surface area contributed by atoms with Crippen LogP contribution in [0.25, 0.3) is 16.5 Å². The van der Waals surface area contributed by atoms with Gasteiger partial charge in [-0.15, -0.1) is 11.3 Å². The van der Waals surface area contributed by atoms with Crippen LogP contribution in [0, 0.1) is 0 Å². The molecule has 10 heteroatoms. The second-order valence-corrected chi connectivity index (χ2v) is 8.71. The quantitative estimate of drug-likeness (QED) is 0.483. The maximum Gasteiger partial charge on any atom is 0.251 e. The van der Waals surface area contributed by atoms with Gasteiger partial charge in [0.05, 0.1) is 35.8 Å². The van der Waals surface area contributed by atoms with Gasteiger partial charge in [0, 0.05) is 31.3 Å². The van der Waals surface area contributed by atoms with E-state index in [0.717, 1.165) is 48.0 Å². The van der Waals surface area contributed by atoms with Crippen molar-refractivity contribution in [1.29, 1.82) is 0 Å². The summed E-state index contributed by atoms with van der Waals surface area (Å²) in [5, 5.41) is 2.00. The van der Waals surface area contributed by atoms with Gasteiger partial charge in [-0.25, -0.2) is 19.9 Å². The Morgan fingerprint density at radius 2 is 2.16 bits per heavy atom. The molecule has 0 aliphatic carbocycles. The standard InChI is InChI=1S/C22H23N7O2S/c1-31-17-9-23-22(24-10-17)29-13-16(25-14-29)12-28-6-2-4-15(11-28)21-26-18(8-20(30)27-21)19-5-3-7-32-19/h3,5,7-10,13-15H,2,4,6,11-12H2,1H3,(H,26,27,30). The molecule has 1 aliphatic heterocycles. The van der Waals surface area contributed by atoms with Crippen molar-refractivity contribution in [3.63, 3.8) is 0 Å². The number of nitrogens with zero attached hydrogens (tertiary/aromatic N) is 6. The first-order chi connectivity index (χ1) is 15.7. The van der Waals surface area contributed by atoms with E-state index in [-0.39, 0.29) is 11.5 Å².